The minimum atomic E-state index is -0.251. The first kappa shape index (κ1) is 11.7. The molecule has 0 aromatic heterocycles. The third-order valence-electron chi connectivity index (χ3n) is 2.55. The Morgan fingerprint density at radius 1 is 1.40 bits per heavy atom. The number of halogens is 1. The molecule has 0 fully saturated rings. The van der Waals surface area contributed by atoms with Gasteiger partial charge in [0.15, 0.2) is 0 Å². The van der Waals surface area contributed by atoms with Gasteiger partial charge in [0.1, 0.15) is 5.82 Å². The average Bonchev–Trinajstić information content (AvgIpc) is 2.27. The topological polar surface area (TPSA) is 35.8 Å². The lowest BCUT2D eigenvalue weighted by Gasteiger charge is -2.20. The number of rotatable bonds is 4. The van der Waals surface area contributed by atoms with E-state index in [0.29, 0.717) is 0 Å². The lowest BCUT2D eigenvalue weighted by atomic mass is 9.92. The molecule has 2 nitrogen and oxygen atoms in total. The normalized spacial score (nSPS) is 14.3. The van der Waals surface area contributed by atoms with Crippen molar-refractivity contribution in [2.24, 2.45) is 5.92 Å². The van der Waals surface area contributed by atoms with Crippen molar-refractivity contribution in [2.45, 2.75) is 19.4 Å². The fourth-order valence-electron chi connectivity index (χ4n) is 1.67. The van der Waals surface area contributed by atoms with E-state index in [0.717, 1.165) is 12.0 Å². The highest BCUT2D eigenvalue weighted by Gasteiger charge is 2.19. The summed E-state index contributed by atoms with van der Waals surface area (Å²) in [6.45, 7) is 1.97. The van der Waals surface area contributed by atoms with Gasteiger partial charge in [-0.1, -0.05) is 19.1 Å². The van der Waals surface area contributed by atoms with Gasteiger partial charge in [-0.2, -0.15) is 5.26 Å². The zero-order chi connectivity index (χ0) is 11.3. The number of nitriles is 1. The van der Waals surface area contributed by atoms with Gasteiger partial charge in [0.2, 0.25) is 0 Å². The van der Waals surface area contributed by atoms with Gasteiger partial charge >= 0.3 is 0 Å². The maximum atomic E-state index is 12.7. The molecule has 0 saturated heterocycles. The molecule has 1 N–H and O–H groups in total. The largest absolute Gasteiger partial charge is 0.312 e. The Balaban J connectivity index is 2.92. The lowest BCUT2D eigenvalue weighted by molar-refractivity contribution is 0.448. The van der Waals surface area contributed by atoms with Crippen molar-refractivity contribution in [1.29, 1.82) is 5.26 Å². The van der Waals surface area contributed by atoms with Gasteiger partial charge in [0.05, 0.1) is 12.0 Å². The third-order valence-corrected chi connectivity index (χ3v) is 2.55. The summed E-state index contributed by atoms with van der Waals surface area (Å²) in [5.74, 6) is -0.334. The van der Waals surface area contributed by atoms with Crippen LogP contribution in [0, 0.1) is 23.1 Å². The Labute approximate surface area is 89.7 Å². The zero-order valence-electron chi connectivity index (χ0n) is 9.00. The molecule has 0 aliphatic carbocycles. The fraction of sp³-hybridized carbons (Fsp3) is 0.417. The molecule has 0 saturated carbocycles. The summed E-state index contributed by atoms with van der Waals surface area (Å²) in [5, 5.41) is 12.1. The van der Waals surface area contributed by atoms with Gasteiger partial charge in [-0.25, -0.2) is 4.39 Å². The lowest BCUT2D eigenvalue weighted by Crippen LogP contribution is -2.23. The number of nitrogens with one attached hydrogen (secondary N) is 1. The van der Waals surface area contributed by atoms with Crippen LogP contribution < -0.4 is 5.32 Å². The van der Waals surface area contributed by atoms with Crippen LogP contribution in [0.3, 0.4) is 0 Å². The van der Waals surface area contributed by atoms with Gasteiger partial charge in [0, 0.05) is 6.04 Å². The SMILES string of the molecule is CCC(C#N)C(NC)c1ccc(F)cc1. The predicted molar refractivity (Wildman–Crippen MR) is 57.6 cm³/mol. The molecule has 1 aromatic carbocycles. The van der Waals surface area contributed by atoms with Crippen LogP contribution in [-0.4, -0.2) is 7.05 Å². The zero-order valence-corrected chi connectivity index (χ0v) is 9.00. The highest BCUT2D eigenvalue weighted by molar-refractivity contribution is 5.22. The Morgan fingerprint density at radius 2 is 2.00 bits per heavy atom. The Bertz CT molecular complexity index is 340. The van der Waals surface area contributed by atoms with Gasteiger partial charge < -0.3 is 5.32 Å². The quantitative estimate of drug-likeness (QED) is 0.822. The molecule has 0 amide bonds. The molecule has 0 radical (unpaired) electrons. The number of hydrogen-bond donors (Lipinski definition) is 1. The van der Waals surface area contributed by atoms with Crippen LogP contribution in [0.25, 0.3) is 0 Å². The molecular weight excluding hydrogens is 191 g/mol. The van der Waals surface area contributed by atoms with E-state index in [1.165, 1.54) is 12.1 Å². The van der Waals surface area contributed by atoms with E-state index in [-0.39, 0.29) is 17.8 Å². The molecule has 1 rings (SSSR count). The van der Waals surface area contributed by atoms with Gasteiger partial charge in [-0.3, -0.25) is 0 Å². The highest BCUT2D eigenvalue weighted by Crippen LogP contribution is 2.23. The molecule has 0 heterocycles. The highest BCUT2D eigenvalue weighted by atomic mass is 19.1. The van der Waals surface area contributed by atoms with Crippen LogP contribution >= 0.6 is 0 Å². The second-order valence-corrected chi connectivity index (χ2v) is 3.46. The van der Waals surface area contributed by atoms with Crippen LogP contribution in [0.5, 0.6) is 0 Å². The van der Waals surface area contributed by atoms with Gasteiger partial charge in [-0.15, -0.1) is 0 Å². The summed E-state index contributed by atoms with van der Waals surface area (Å²) in [6.07, 6.45) is 0.777. The van der Waals surface area contributed by atoms with Crippen LogP contribution in [0.15, 0.2) is 24.3 Å². The first-order valence-corrected chi connectivity index (χ1v) is 5.05. The maximum absolute atomic E-state index is 12.7. The van der Waals surface area contributed by atoms with Crippen molar-refractivity contribution in [3.8, 4) is 6.07 Å². The van der Waals surface area contributed by atoms with Crippen LogP contribution in [0.2, 0.25) is 0 Å². The summed E-state index contributed by atoms with van der Waals surface area (Å²) in [5.41, 5.74) is 0.951. The summed E-state index contributed by atoms with van der Waals surface area (Å²) in [4.78, 5) is 0. The smallest absolute Gasteiger partial charge is 0.123 e. The van der Waals surface area contributed by atoms with Crippen molar-refractivity contribution < 1.29 is 4.39 Å². The molecule has 2 unspecified atom stereocenters. The first-order chi connectivity index (χ1) is 7.22. The molecule has 3 heteroatoms. The Hall–Kier alpha value is -1.40. The maximum Gasteiger partial charge on any atom is 0.123 e. The van der Waals surface area contributed by atoms with E-state index in [1.807, 2.05) is 14.0 Å². The van der Waals surface area contributed by atoms with Crippen molar-refractivity contribution in [1.82, 2.24) is 5.32 Å². The van der Waals surface area contributed by atoms with Crippen molar-refractivity contribution in [3.05, 3.63) is 35.6 Å². The van der Waals surface area contributed by atoms with Gasteiger partial charge in [-0.05, 0) is 31.2 Å². The minimum absolute atomic E-state index is 0.0272. The van der Waals surface area contributed by atoms with E-state index in [2.05, 4.69) is 11.4 Å². The number of nitrogens with zero attached hydrogens (tertiary/aromatic N) is 1. The van der Waals surface area contributed by atoms with Crippen molar-refractivity contribution in [2.75, 3.05) is 7.05 Å². The first-order valence-electron chi connectivity index (χ1n) is 5.05. The van der Waals surface area contributed by atoms with E-state index in [9.17, 15) is 4.39 Å². The number of hydrogen-bond acceptors (Lipinski definition) is 2. The summed E-state index contributed by atoms with van der Waals surface area (Å²) in [7, 11) is 1.81. The summed E-state index contributed by atoms with van der Waals surface area (Å²) in [6, 6.07) is 8.51. The van der Waals surface area contributed by atoms with E-state index >= 15 is 0 Å². The molecule has 0 spiro atoms. The second kappa shape index (κ2) is 5.47. The average molecular weight is 206 g/mol. The standard InChI is InChI=1S/C12H15FN2/c1-3-9(8-14)12(15-2)10-4-6-11(13)7-5-10/h4-7,9,12,15H,3H2,1-2H3. The van der Waals surface area contributed by atoms with E-state index < -0.39 is 0 Å². The van der Waals surface area contributed by atoms with Crippen LogP contribution in [-0.2, 0) is 0 Å². The molecule has 0 bridgehead atoms. The fourth-order valence-corrected chi connectivity index (χ4v) is 1.67. The molecule has 1 aromatic rings. The molecule has 2 atom stereocenters. The third kappa shape index (κ3) is 2.77. The predicted octanol–water partition coefficient (Wildman–Crippen LogP) is 2.64. The van der Waals surface area contributed by atoms with E-state index in [1.54, 1.807) is 12.1 Å². The molecule has 0 aliphatic rings. The summed E-state index contributed by atoms with van der Waals surface area (Å²) < 4.78 is 12.7. The monoisotopic (exact) mass is 206 g/mol. The second-order valence-electron chi connectivity index (χ2n) is 3.46. The van der Waals surface area contributed by atoms with E-state index in [4.69, 9.17) is 5.26 Å². The Kier molecular flexibility index (Phi) is 4.26. The molecule has 15 heavy (non-hydrogen) atoms. The van der Waals surface area contributed by atoms with Crippen molar-refractivity contribution in [3.63, 3.8) is 0 Å². The number of benzene rings is 1. The minimum Gasteiger partial charge on any atom is -0.312 e. The Morgan fingerprint density at radius 3 is 2.40 bits per heavy atom. The van der Waals surface area contributed by atoms with Crippen LogP contribution in [0.1, 0.15) is 24.9 Å². The molecule has 80 valence electrons. The van der Waals surface area contributed by atoms with Gasteiger partial charge in [0.25, 0.3) is 0 Å². The molecular formula is C12H15FN2. The van der Waals surface area contributed by atoms with Crippen molar-refractivity contribution >= 4 is 0 Å². The summed E-state index contributed by atoms with van der Waals surface area (Å²) >= 11 is 0. The molecule has 0 aliphatic heterocycles. The van der Waals surface area contributed by atoms with Crippen LogP contribution in [0.4, 0.5) is 4.39 Å².